The molecule has 0 aliphatic heterocycles. The topological polar surface area (TPSA) is 49.9 Å². The summed E-state index contributed by atoms with van der Waals surface area (Å²) in [6.45, 7) is 5.69. The average Bonchev–Trinajstić information content (AvgIpc) is 2.69. The zero-order chi connectivity index (χ0) is 10.1. The predicted octanol–water partition coefficient (Wildman–Crippen LogP) is 1.32. The van der Waals surface area contributed by atoms with Crippen LogP contribution in [0.4, 0.5) is 0 Å². The van der Waals surface area contributed by atoms with E-state index in [4.69, 9.17) is 4.74 Å². The zero-order valence-electron chi connectivity index (χ0n) is 8.75. The van der Waals surface area contributed by atoms with E-state index < -0.39 is 0 Å². The van der Waals surface area contributed by atoms with Gasteiger partial charge >= 0.3 is 0 Å². The molecule has 0 aromatic carbocycles. The lowest BCUT2D eigenvalue weighted by Gasteiger charge is -2.03. The van der Waals surface area contributed by atoms with Gasteiger partial charge in [0.2, 0.25) is 0 Å². The number of ether oxygens (including phenoxy) is 1. The first-order valence-electron chi connectivity index (χ1n) is 5.19. The lowest BCUT2D eigenvalue weighted by molar-refractivity contribution is 0.132. The first-order chi connectivity index (χ1) is 6.93. The van der Waals surface area contributed by atoms with Crippen LogP contribution in [0.1, 0.15) is 25.5 Å². The summed E-state index contributed by atoms with van der Waals surface area (Å²) in [4.78, 5) is 6.98. The van der Waals surface area contributed by atoms with Gasteiger partial charge in [0.05, 0.1) is 6.33 Å². The van der Waals surface area contributed by atoms with Crippen molar-refractivity contribution in [3.05, 3.63) is 18.2 Å². The Balaban J connectivity index is 1.85. The van der Waals surface area contributed by atoms with Crippen molar-refractivity contribution in [2.24, 2.45) is 0 Å². The molecule has 0 bridgehead atoms. The van der Waals surface area contributed by atoms with E-state index in [1.165, 1.54) is 0 Å². The summed E-state index contributed by atoms with van der Waals surface area (Å²) in [7, 11) is 0. The molecule has 14 heavy (non-hydrogen) atoms. The summed E-state index contributed by atoms with van der Waals surface area (Å²) >= 11 is 0. The fourth-order valence-electron chi connectivity index (χ4n) is 1.15. The fraction of sp³-hybridized carbons (Fsp3) is 0.700. The molecule has 0 unspecified atom stereocenters. The van der Waals surface area contributed by atoms with Gasteiger partial charge in [-0.25, -0.2) is 4.98 Å². The summed E-state index contributed by atoms with van der Waals surface area (Å²) < 4.78 is 5.36. The molecule has 0 atom stereocenters. The minimum Gasteiger partial charge on any atom is -0.381 e. The Morgan fingerprint density at radius 2 is 2.43 bits per heavy atom. The van der Waals surface area contributed by atoms with E-state index in [0.717, 1.165) is 44.8 Å². The summed E-state index contributed by atoms with van der Waals surface area (Å²) in [5.74, 6) is 0. The van der Waals surface area contributed by atoms with Gasteiger partial charge in [-0.2, -0.15) is 0 Å². The number of nitrogens with zero attached hydrogens (tertiary/aromatic N) is 1. The van der Waals surface area contributed by atoms with E-state index in [1.807, 2.05) is 6.20 Å². The van der Waals surface area contributed by atoms with Gasteiger partial charge in [0.15, 0.2) is 0 Å². The molecule has 2 N–H and O–H groups in total. The molecule has 0 aliphatic carbocycles. The third-order valence-corrected chi connectivity index (χ3v) is 1.86. The van der Waals surface area contributed by atoms with Crippen LogP contribution in [0.25, 0.3) is 0 Å². The van der Waals surface area contributed by atoms with Crippen molar-refractivity contribution in [3.63, 3.8) is 0 Å². The largest absolute Gasteiger partial charge is 0.381 e. The van der Waals surface area contributed by atoms with Crippen LogP contribution in [0.3, 0.4) is 0 Å². The number of H-pyrrole nitrogens is 1. The SMILES string of the molecule is CCCOCCCNCc1cnc[nH]1. The van der Waals surface area contributed by atoms with Crippen LogP contribution in [-0.2, 0) is 11.3 Å². The number of imidazole rings is 1. The molecule has 4 nitrogen and oxygen atoms in total. The number of nitrogens with one attached hydrogen (secondary N) is 2. The molecule has 1 aromatic rings. The van der Waals surface area contributed by atoms with Crippen molar-refractivity contribution in [2.45, 2.75) is 26.3 Å². The first-order valence-corrected chi connectivity index (χ1v) is 5.19. The second-order valence-electron chi connectivity index (χ2n) is 3.22. The van der Waals surface area contributed by atoms with Crippen LogP contribution in [0, 0.1) is 0 Å². The first kappa shape index (κ1) is 11.2. The molecule has 4 heteroatoms. The van der Waals surface area contributed by atoms with Crippen molar-refractivity contribution in [1.82, 2.24) is 15.3 Å². The van der Waals surface area contributed by atoms with Gasteiger partial charge in [0.25, 0.3) is 0 Å². The standard InChI is InChI=1S/C10H19N3O/c1-2-5-14-6-3-4-11-7-10-8-12-9-13-10/h8-9,11H,2-7H2,1H3,(H,12,13). The maximum absolute atomic E-state index is 5.36. The number of aromatic amines is 1. The van der Waals surface area contributed by atoms with Crippen LogP contribution in [0.5, 0.6) is 0 Å². The van der Waals surface area contributed by atoms with Crippen LogP contribution in [0.2, 0.25) is 0 Å². The Kier molecular flexibility index (Phi) is 6.02. The molecule has 0 saturated carbocycles. The predicted molar refractivity (Wildman–Crippen MR) is 56.0 cm³/mol. The molecule has 0 fully saturated rings. The van der Waals surface area contributed by atoms with Gasteiger partial charge in [-0.15, -0.1) is 0 Å². The quantitative estimate of drug-likeness (QED) is 0.618. The van der Waals surface area contributed by atoms with Crippen LogP contribution < -0.4 is 5.32 Å². The van der Waals surface area contributed by atoms with Crippen molar-refractivity contribution in [2.75, 3.05) is 19.8 Å². The fourth-order valence-corrected chi connectivity index (χ4v) is 1.15. The van der Waals surface area contributed by atoms with Gasteiger partial charge in [-0.1, -0.05) is 6.92 Å². The Morgan fingerprint density at radius 3 is 3.14 bits per heavy atom. The highest BCUT2D eigenvalue weighted by Gasteiger charge is 1.92. The Labute approximate surface area is 85.1 Å². The number of hydrogen-bond acceptors (Lipinski definition) is 3. The highest BCUT2D eigenvalue weighted by Crippen LogP contribution is 1.89. The number of hydrogen-bond donors (Lipinski definition) is 2. The second-order valence-corrected chi connectivity index (χ2v) is 3.22. The Morgan fingerprint density at radius 1 is 1.50 bits per heavy atom. The molecule has 0 amide bonds. The summed E-state index contributed by atoms with van der Waals surface area (Å²) in [5, 5.41) is 3.31. The normalized spacial score (nSPS) is 10.6. The molecular formula is C10H19N3O. The monoisotopic (exact) mass is 197 g/mol. The molecule has 0 aliphatic rings. The van der Waals surface area contributed by atoms with E-state index in [9.17, 15) is 0 Å². The third kappa shape index (κ3) is 4.99. The van der Waals surface area contributed by atoms with E-state index in [1.54, 1.807) is 6.33 Å². The lowest BCUT2D eigenvalue weighted by Crippen LogP contribution is -2.16. The minimum absolute atomic E-state index is 0.851. The van der Waals surface area contributed by atoms with E-state index in [2.05, 4.69) is 22.2 Å². The van der Waals surface area contributed by atoms with Crippen molar-refractivity contribution < 1.29 is 4.74 Å². The molecule has 1 rings (SSSR count). The van der Waals surface area contributed by atoms with Gasteiger partial charge in [-0.3, -0.25) is 0 Å². The van der Waals surface area contributed by atoms with Crippen molar-refractivity contribution in [1.29, 1.82) is 0 Å². The van der Waals surface area contributed by atoms with Crippen molar-refractivity contribution in [3.8, 4) is 0 Å². The summed E-state index contributed by atoms with van der Waals surface area (Å²) in [6.07, 6.45) is 5.69. The average molecular weight is 197 g/mol. The maximum Gasteiger partial charge on any atom is 0.0922 e. The number of aromatic nitrogens is 2. The molecule has 0 spiro atoms. The van der Waals surface area contributed by atoms with Gasteiger partial charge < -0.3 is 15.0 Å². The minimum atomic E-state index is 0.851. The Hall–Kier alpha value is -0.870. The van der Waals surface area contributed by atoms with Gasteiger partial charge in [0, 0.05) is 31.6 Å². The summed E-state index contributed by atoms with van der Waals surface area (Å²) in [6, 6.07) is 0. The lowest BCUT2D eigenvalue weighted by atomic mass is 10.4. The van der Waals surface area contributed by atoms with E-state index >= 15 is 0 Å². The molecule has 0 radical (unpaired) electrons. The van der Waals surface area contributed by atoms with Crippen molar-refractivity contribution >= 4 is 0 Å². The molecule has 0 saturated heterocycles. The number of rotatable bonds is 8. The van der Waals surface area contributed by atoms with Crippen LogP contribution >= 0.6 is 0 Å². The maximum atomic E-state index is 5.36. The molecule has 80 valence electrons. The van der Waals surface area contributed by atoms with E-state index in [0.29, 0.717) is 0 Å². The molecule has 1 aromatic heterocycles. The zero-order valence-corrected chi connectivity index (χ0v) is 8.75. The van der Waals surface area contributed by atoms with Gasteiger partial charge in [-0.05, 0) is 19.4 Å². The summed E-state index contributed by atoms with van der Waals surface area (Å²) in [5.41, 5.74) is 1.12. The molecule has 1 heterocycles. The second kappa shape index (κ2) is 7.53. The molecular weight excluding hydrogens is 178 g/mol. The van der Waals surface area contributed by atoms with Crippen LogP contribution in [0.15, 0.2) is 12.5 Å². The van der Waals surface area contributed by atoms with E-state index in [-0.39, 0.29) is 0 Å². The van der Waals surface area contributed by atoms with Crippen LogP contribution in [-0.4, -0.2) is 29.7 Å². The highest BCUT2D eigenvalue weighted by molar-refractivity contribution is 4.92. The Bertz CT molecular complexity index is 211. The van der Waals surface area contributed by atoms with Gasteiger partial charge in [0.1, 0.15) is 0 Å². The highest BCUT2D eigenvalue weighted by atomic mass is 16.5. The third-order valence-electron chi connectivity index (χ3n) is 1.86. The smallest absolute Gasteiger partial charge is 0.0922 e.